The van der Waals surface area contributed by atoms with Gasteiger partial charge in [-0.05, 0) is 51.8 Å². The fourth-order valence-corrected chi connectivity index (χ4v) is 3.50. The number of ether oxygens (including phenoxy) is 1. The summed E-state index contributed by atoms with van der Waals surface area (Å²) >= 11 is 0. The van der Waals surface area contributed by atoms with Gasteiger partial charge in [0.05, 0.1) is 12.1 Å². The van der Waals surface area contributed by atoms with E-state index in [2.05, 4.69) is 32.0 Å². The fourth-order valence-electron chi connectivity index (χ4n) is 3.50. The molecule has 1 heterocycles. The predicted octanol–water partition coefficient (Wildman–Crippen LogP) is 2.55. The van der Waals surface area contributed by atoms with E-state index < -0.39 is 6.10 Å². The summed E-state index contributed by atoms with van der Waals surface area (Å²) in [7, 11) is 4.18. The molecule has 0 radical (unpaired) electrons. The first-order chi connectivity index (χ1) is 8.56. The predicted molar refractivity (Wildman–Crippen MR) is 73.3 cm³/mol. The number of aliphatic hydroxyl groups excluding tert-OH is 1. The van der Waals surface area contributed by atoms with Gasteiger partial charge in [-0.25, -0.2) is 0 Å². The molecule has 18 heavy (non-hydrogen) atoms. The first-order valence-electron chi connectivity index (χ1n) is 7.24. The summed E-state index contributed by atoms with van der Waals surface area (Å²) in [5, 5.41) is 10.8. The Labute approximate surface area is 111 Å². The fraction of sp³-hybridized carbons (Fsp3) is 0.867. The lowest BCUT2D eigenvalue weighted by molar-refractivity contribution is -0.0526. The number of likely N-dealkylation sites (N-methyl/N-ethyl adjacent to an activating group) is 1. The average molecular weight is 253 g/mol. The van der Waals surface area contributed by atoms with E-state index in [9.17, 15) is 5.11 Å². The molecule has 104 valence electrons. The highest BCUT2D eigenvalue weighted by atomic mass is 16.5. The van der Waals surface area contributed by atoms with Crippen LogP contribution in [0, 0.1) is 5.92 Å². The maximum atomic E-state index is 10.8. The Kier molecular flexibility index (Phi) is 4.33. The molecule has 1 fully saturated rings. The van der Waals surface area contributed by atoms with Crippen LogP contribution in [-0.2, 0) is 4.74 Å². The van der Waals surface area contributed by atoms with Crippen LogP contribution in [0.1, 0.15) is 45.4 Å². The highest BCUT2D eigenvalue weighted by Crippen LogP contribution is 2.40. The van der Waals surface area contributed by atoms with Crippen molar-refractivity contribution in [2.24, 2.45) is 5.92 Å². The molecule has 1 aliphatic carbocycles. The number of aliphatic hydroxyl groups is 1. The minimum Gasteiger partial charge on any atom is -0.495 e. The van der Waals surface area contributed by atoms with E-state index in [1.807, 2.05) is 0 Å². The van der Waals surface area contributed by atoms with Gasteiger partial charge in [-0.1, -0.05) is 19.8 Å². The molecular weight excluding hydrogens is 226 g/mol. The highest BCUT2D eigenvalue weighted by molar-refractivity contribution is 5.13. The maximum Gasteiger partial charge on any atom is 0.129 e. The minimum absolute atomic E-state index is 0.138. The Hall–Kier alpha value is -0.540. The van der Waals surface area contributed by atoms with Crippen LogP contribution in [0.25, 0.3) is 0 Å². The molecule has 2 rings (SSSR count). The zero-order valence-electron chi connectivity index (χ0n) is 12.0. The SMILES string of the molecule is CC1CCCC(C(O)C2=CCCCO2)(N(C)C)C1. The molecule has 0 aromatic rings. The Balaban J connectivity index is 2.20. The summed E-state index contributed by atoms with van der Waals surface area (Å²) < 4.78 is 5.69. The molecule has 3 unspecified atom stereocenters. The summed E-state index contributed by atoms with van der Waals surface area (Å²) in [6, 6.07) is 0. The van der Waals surface area contributed by atoms with Crippen LogP contribution in [0.3, 0.4) is 0 Å². The normalized spacial score (nSPS) is 34.9. The van der Waals surface area contributed by atoms with Crippen LogP contribution in [0.2, 0.25) is 0 Å². The number of allylic oxidation sites excluding steroid dienone is 1. The number of rotatable bonds is 3. The van der Waals surface area contributed by atoms with Gasteiger partial charge >= 0.3 is 0 Å². The summed E-state index contributed by atoms with van der Waals surface area (Å²) in [5.41, 5.74) is -0.138. The monoisotopic (exact) mass is 253 g/mol. The quantitative estimate of drug-likeness (QED) is 0.839. The van der Waals surface area contributed by atoms with Gasteiger partial charge in [0.25, 0.3) is 0 Å². The van der Waals surface area contributed by atoms with Crippen LogP contribution in [0.5, 0.6) is 0 Å². The van der Waals surface area contributed by atoms with Gasteiger partial charge in [-0.3, -0.25) is 0 Å². The van der Waals surface area contributed by atoms with Crippen molar-refractivity contribution in [3.63, 3.8) is 0 Å². The van der Waals surface area contributed by atoms with E-state index in [4.69, 9.17) is 4.74 Å². The molecule has 1 saturated carbocycles. The molecule has 0 spiro atoms. The van der Waals surface area contributed by atoms with Crippen LogP contribution in [-0.4, -0.2) is 42.4 Å². The van der Waals surface area contributed by atoms with Crippen molar-refractivity contribution in [3.05, 3.63) is 11.8 Å². The van der Waals surface area contributed by atoms with E-state index in [1.165, 1.54) is 12.8 Å². The molecule has 3 atom stereocenters. The molecule has 0 amide bonds. The second-order valence-electron chi connectivity index (χ2n) is 6.20. The summed E-state index contributed by atoms with van der Waals surface area (Å²) in [6.07, 6.45) is 8.31. The van der Waals surface area contributed by atoms with Crippen molar-refractivity contribution in [1.29, 1.82) is 0 Å². The van der Waals surface area contributed by atoms with Crippen molar-refractivity contribution in [2.75, 3.05) is 20.7 Å². The first kappa shape index (κ1) is 13.9. The smallest absolute Gasteiger partial charge is 0.129 e. The standard InChI is InChI=1S/C15H27NO2/c1-12-7-6-9-15(11-12,16(2)3)14(17)13-8-4-5-10-18-13/h8,12,14,17H,4-7,9-11H2,1-3H3. The first-order valence-corrected chi connectivity index (χ1v) is 7.24. The van der Waals surface area contributed by atoms with E-state index >= 15 is 0 Å². The zero-order chi connectivity index (χ0) is 13.2. The molecule has 1 N–H and O–H groups in total. The maximum absolute atomic E-state index is 10.8. The molecule has 0 bridgehead atoms. The molecule has 0 aromatic carbocycles. The van der Waals surface area contributed by atoms with E-state index in [1.54, 1.807) is 0 Å². The summed E-state index contributed by atoms with van der Waals surface area (Å²) in [6.45, 7) is 3.04. The Bertz CT molecular complexity index is 314. The third kappa shape index (κ3) is 2.57. The lowest BCUT2D eigenvalue weighted by Crippen LogP contribution is -2.57. The number of nitrogens with zero attached hydrogens (tertiary/aromatic N) is 1. The van der Waals surface area contributed by atoms with Crippen LogP contribution < -0.4 is 0 Å². The Morgan fingerprint density at radius 3 is 2.78 bits per heavy atom. The third-order valence-corrected chi connectivity index (χ3v) is 4.64. The van der Waals surface area contributed by atoms with Crippen molar-refractivity contribution < 1.29 is 9.84 Å². The van der Waals surface area contributed by atoms with E-state index in [-0.39, 0.29) is 5.54 Å². The van der Waals surface area contributed by atoms with Gasteiger partial charge in [-0.2, -0.15) is 0 Å². The third-order valence-electron chi connectivity index (χ3n) is 4.64. The molecule has 0 aromatic heterocycles. The molecule has 0 saturated heterocycles. The van der Waals surface area contributed by atoms with Gasteiger partial charge in [0.15, 0.2) is 0 Å². The molecule has 2 aliphatic rings. The molecule has 3 heteroatoms. The van der Waals surface area contributed by atoms with Crippen molar-refractivity contribution >= 4 is 0 Å². The van der Waals surface area contributed by atoms with Gasteiger partial charge in [0.2, 0.25) is 0 Å². The topological polar surface area (TPSA) is 32.7 Å². The molecule has 3 nitrogen and oxygen atoms in total. The minimum atomic E-state index is -0.476. The van der Waals surface area contributed by atoms with Gasteiger partial charge < -0.3 is 14.7 Å². The van der Waals surface area contributed by atoms with E-state index in [0.29, 0.717) is 5.92 Å². The van der Waals surface area contributed by atoms with Crippen molar-refractivity contribution in [3.8, 4) is 0 Å². The second-order valence-corrected chi connectivity index (χ2v) is 6.20. The number of hydrogen-bond acceptors (Lipinski definition) is 3. The van der Waals surface area contributed by atoms with Crippen molar-refractivity contribution in [2.45, 2.75) is 57.1 Å². The van der Waals surface area contributed by atoms with E-state index in [0.717, 1.165) is 38.0 Å². The Morgan fingerprint density at radius 2 is 2.22 bits per heavy atom. The van der Waals surface area contributed by atoms with Gasteiger partial charge in [0.1, 0.15) is 11.9 Å². The van der Waals surface area contributed by atoms with Crippen LogP contribution >= 0.6 is 0 Å². The summed E-state index contributed by atoms with van der Waals surface area (Å²) in [4.78, 5) is 2.21. The molecular formula is C15H27NO2. The van der Waals surface area contributed by atoms with Crippen LogP contribution in [0.4, 0.5) is 0 Å². The van der Waals surface area contributed by atoms with Crippen LogP contribution in [0.15, 0.2) is 11.8 Å². The van der Waals surface area contributed by atoms with Gasteiger partial charge in [-0.15, -0.1) is 0 Å². The molecule has 1 aliphatic heterocycles. The average Bonchev–Trinajstić information content (AvgIpc) is 2.38. The lowest BCUT2D eigenvalue weighted by atomic mass is 9.71. The Morgan fingerprint density at radius 1 is 1.44 bits per heavy atom. The second kappa shape index (κ2) is 5.62. The highest BCUT2D eigenvalue weighted by Gasteiger charge is 2.45. The number of hydrogen-bond donors (Lipinski definition) is 1. The van der Waals surface area contributed by atoms with Crippen molar-refractivity contribution in [1.82, 2.24) is 4.90 Å². The largest absolute Gasteiger partial charge is 0.495 e. The summed E-state index contributed by atoms with van der Waals surface area (Å²) in [5.74, 6) is 1.49. The lowest BCUT2D eigenvalue weighted by Gasteiger charge is -2.48. The zero-order valence-corrected chi connectivity index (χ0v) is 12.0. The van der Waals surface area contributed by atoms with Gasteiger partial charge in [0, 0.05) is 0 Å².